The van der Waals surface area contributed by atoms with Gasteiger partial charge in [0.05, 0.1) is 30.4 Å². The van der Waals surface area contributed by atoms with E-state index in [1.807, 2.05) is 30.3 Å². The molecule has 16 heteroatoms. The van der Waals surface area contributed by atoms with E-state index in [0.717, 1.165) is 43.1 Å². The van der Waals surface area contributed by atoms with E-state index in [2.05, 4.69) is 61.5 Å². The third-order valence-electron chi connectivity index (χ3n) is 8.57. The van der Waals surface area contributed by atoms with Crippen molar-refractivity contribution in [1.29, 1.82) is 0 Å². The summed E-state index contributed by atoms with van der Waals surface area (Å²) in [5.41, 5.74) is -2.58. The standard InChI is InChI=1S/C18H15Cl2F4N.C13H23NOSi.C9H4Cl2F4/c19-13-8-14(16(21)15(20)9-13)17(18(22,23)24)6-7-25(11-17)10-12-4-2-1-3-5-12;1-15-11-14(12-16(2,3)4)10-13-8-6-5-7-9-13;1-4(9(13,14)15)6-2-5(10)3-7(11)8(6)12/h1-5,8-9H,6-7,10-11H2;5-9H,10-12H2,1-4H3;2-3H,1H2. The van der Waals surface area contributed by atoms with Crippen LogP contribution in [-0.2, 0) is 23.2 Å². The highest BCUT2D eigenvalue weighted by atomic mass is 35.5. The Kier molecular flexibility index (Phi) is 17.3. The zero-order valence-electron chi connectivity index (χ0n) is 31.1. The maximum Gasteiger partial charge on any atom is 0.416 e. The van der Waals surface area contributed by atoms with Crippen molar-refractivity contribution in [2.24, 2.45) is 0 Å². The average molecular weight is 889 g/mol. The van der Waals surface area contributed by atoms with E-state index in [1.165, 1.54) is 11.7 Å². The summed E-state index contributed by atoms with van der Waals surface area (Å²) in [4.78, 5) is 4.07. The van der Waals surface area contributed by atoms with Gasteiger partial charge in [0.15, 0.2) is 0 Å². The van der Waals surface area contributed by atoms with Gasteiger partial charge in [-0.15, -0.1) is 0 Å². The summed E-state index contributed by atoms with van der Waals surface area (Å²) >= 11 is 22.4. The third-order valence-corrected chi connectivity index (χ3v) is 10.9. The van der Waals surface area contributed by atoms with Crippen LogP contribution in [0.4, 0.5) is 35.1 Å². The molecule has 0 radical (unpaired) electrons. The molecule has 1 aliphatic rings. The monoisotopic (exact) mass is 886 g/mol. The number of likely N-dealkylation sites (tertiary alicyclic amines) is 1. The molecule has 1 unspecified atom stereocenters. The Hall–Kier alpha value is -2.68. The van der Waals surface area contributed by atoms with Crippen LogP contribution in [0.3, 0.4) is 0 Å². The highest BCUT2D eigenvalue weighted by Gasteiger charge is 2.60. The highest BCUT2D eigenvalue weighted by Crippen LogP contribution is 2.50. The number of nitrogens with zero attached hydrogens (tertiary/aromatic N) is 2. The molecule has 0 amide bonds. The van der Waals surface area contributed by atoms with Crippen LogP contribution in [0.2, 0.25) is 39.7 Å². The second kappa shape index (κ2) is 20.3. The van der Waals surface area contributed by atoms with Gasteiger partial charge in [-0.1, -0.05) is 133 Å². The van der Waals surface area contributed by atoms with Crippen molar-refractivity contribution < 1.29 is 39.9 Å². The first-order valence-corrected chi connectivity index (χ1v) is 22.3. The van der Waals surface area contributed by atoms with Crippen molar-refractivity contribution in [3.63, 3.8) is 0 Å². The molecule has 0 spiro atoms. The summed E-state index contributed by atoms with van der Waals surface area (Å²) in [6.07, 6.45) is -8.39. The highest BCUT2D eigenvalue weighted by molar-refractivity contribution is 6.76. The molecule has 4 aromatic carbocycles. The fourth-order valence-electron chi connectivity index (χ4n) is 6.14. The minimum absolute atomic E-state index is 0.00784. The van der Waals surface area contributed by atoms with Crippen LogP contribution in [0.25, 0.3) is 5.57 Å². The van der Waals surface area contributed by atoms with Crippen LogP contribution in [0.15, 0.2) is 91.5 Å². The van der Waals surface area contributed by atoms with Gasteiger partial charge in [-0.05, 0) is 54.5 Å². The predicted octanol–water partition coefficient (Wildman–Crippen LogP) is 13.5. The molecule has 0 bridgehead atoms. The summed E-state index contributed by atoms with van der Waals surface area (Å²) in [6.45, 7) is 11.9. The molecule has 1 saturated heterocycles. The number of benzene rings is 4. The SMILES string of the molecule is C=C(c1cc(Cl)cc(Cl)c1F)C(F)(F)F.COCN(Cc1ccccc1)C[Si](C)(C)C.Fc1c(Cl)cc(Cl)cc1C1(C(F)(F)F)CCN(Cc2ccccc2)C1. The average Bonchev–Trinajstić information content (AvgIpc) is 3.53. The topological polar surface area (TPSA) is 15.7 Å². The Balaban J connectivity index is 0.000000237. The van der Waals surface area contributed by atoms with E-state index >= 15 is 0 Å². The van der Waals surface area contributed by atoms with Crippen molar-refractivity contribution in [1.82, 2.24) is 9.80 Å². The molecule has 1 fully saturated rings. The molecule has 0 N–H and O–H groups in total. The molecule has 5 rings (SSSR count). The second-order valence-corrected chi connectivity index (χ2v) is 21.6. The second-order valence-electron chi connectivity index (χ2n) is 14.5. The molecule has 1 aliphatic heterocycles. The largest absolute Gasteiger partial charge is 0.416 e. The summed E-state index contributed by atoms with van der Waals surface area (Å²) < 4.78 is 112. The molecule has 0 aromatic heterocycles. The van der Waals surface area contributed by atoms with Crippen molar-refractivity contribution in [3.8, 4) is 0 Å². The van der Waals surface area contributed by atoms with Crippen molar-refractivity contribution in [2.75, 3.05) is 33.1 Å². The predicted molar refractivity (Wildman–Crippen MR) is 214 cm³/mol. The molecule has 3 nitrogen and oxygen atoms in total. The summed E-state index contributed by atoms with van der Waals surface area (Å²) in [5.74, 6) is -2.23. The van der Waals surface area contributed by atoms with Gasteiger partial charge in [0.1, 0.15) is 17.0 Å². The Labute approximate surface area is 343 Å². The molecule has 1 heterocycles. The minimum Gasteiger partial charge on any atom is -0.369 e. The molecular formula is C40H42Cl4F8N2OSi. The van der Waals surface area contributed by atoms with Crippen molar-refractivity contribution in [3.05, 3.63) is 145 Å². The quantitative estimate of drug-likeness (QED) is 0.0683. The van der Waals surface area contributed by atoms with Crippen LogP contribution >= 0.6 is 46.4 Å². The van der Waals surface area contributed by atoms with E-state index < -0.39 is 64.2 Å². The number of hydrogen-bond acceptors (Lipinski definition) is 3. The zero-order valence-corrected chi connectivity index (χ0v) is 35.1. The third kappa shape index (κ3) is 13.7. The van der Waals surface area contributed by atoms with E-state index in [0.29, 0.717) is 6.54 Å². The molecule has 306 valence electrons. The Morgan fingerprint density at radius 1 is 0.804 bits per heavy atom. The van der Waals surface area contributed by atoms with E-state index in [-0.39, 0.29) is 29.6 Å². The van der Waals surface area contributed by atoms with Crippen LogP contribution in [0, 0.1) is 11.6 Å². The molecular weight excluding hydrogens is 846 g/mol. The molecule has 1 atom stereocenters. The normalized spacial score (nSPS) is 16.2. The van der Waals surface area contributed by atoms with Gasteiger partial charge in [0.25, 0.3) is 0 Å². The zero-order chi connectivity index (χ0) is 42.1. The summed E-state index contributed by atoms with van der Waals surface area (Å²) in [6, 6.07) is 23.8. The van der Waals surface area contributed by atoms with Crippen molar-refractivity contribution >= 4 is 60.1 Å². The van der Waals surface area contributed by atoms with Gasteiger partial charge < -0.3 is 4.74 Å². The fourth-order valence-corrected chi connectivity index (χ4v) is 8.68. The first-order valence-electron chi connectivity index (χ1n) is 17.1. The van der Waals surface area contributed by atoms with Gasteiger partial charge in [-0.25, -0.2) is 8.78 Å². The first kappa shape index (κ1) is 47.7. The summed E-state index contributed by atoms with van der Waals surface area (Å²) in [7, 11) is 0.701. The van der Waals surface area contributed by atoms with Crippen LogP contribution in [0.5, 0.6) is 0 Å². The van der Waals surface area contributed by atoms with Crippen molar-refractivity contribution in [2.45, 2.75) is 56.9 Å². The molecule has 56 heavy (non-hydrogen) atoms. The molecule has 4 aromatic rings. The van der Waals surface area contributed by atoms with Crippen LogP contribution in [-0.4, -0.2) is 63.3 Å². The maximum absolute atomic E-state index is 14.5. The minimum atomic E-state index is -4.71. The lowest BCUT2D eigenvalue weighted by atomic mass is 9.78. The number of alkyl halides is 6. The number of allylic oxidation sites excluding steroid dienone is 1. The lowest BCUT2D eigenvalue weighted by molar-refractivity contribution is -0.187. The summed E-state index contributed by atoms with van der Waals surface area (Å²) in [5, 5.41) is -0.955. The Morgan fingerprint density at radius 2 is 1.32 bits per heavy atom. The smallest absolute Gasteiger partial charge is 0.369 e. The Morgan fingerprint density at radius 3 is 1.82 bits per heavy atom. The van der Waals surface area contributed by atoms with E-state index in [9.17, 15) is 35.1 Å². The number of ether oxygens (including phenoxy) is 1. The number of rotatable bonds is 10. The Bertz CT molecular complexity index is 1890. The van der Waals surface area contributed by atoms with Crippen LogP contribution in [0.1, 0.15) is 28.7 Å². The van der Waals surface area contributed by atoms with Gasteiger partial charge in [-0.2, -0.15) is 26.3 Å². The van der Waals surface area contributed by atoms with Gasteiger partial charge in [0.2, 0.25) is 0 Å². The number of hydrogen-bond donors (Lipinski definition) is 0. The first-order chi connectivity index (χ1) is 26.0. The molecule has 0 saturated carbocycles. The number of methoxy groups -OCH3 is 1. The maximum atomic E-state index is 14.5. The number of halogens is 12. The van der Waals surface area contributed by atoms with E-state index in [4.69, 9.17) is 51.1 Å². The van der Waals surface area contributed by atoms with Gasteiger partial charge >= 0.3 is 12.4 Å². The van der Waals surface area contributed by atoms with Gasteiger partial charge in [-0.3, -0.25) is 9.80 Å². The van der Waals surface area contributed by atoms with Crippen LogP contribution < -0.4 is 0 Å². The van der Waals surface area contributed by atoms with Gasteiger partial charge in [0, 0.05) is 47.9 Å². The van der Waals surface area contributed by atoms with E-state index in [1.54, 1.807) is 12.0 Å². The molecule has 0 aliphatic carbocycles. The fraction of sp³-hybridized carbons (Fsp3) is 0.350. The lowest BCUT2D eigenvalue weighted by Gasteiger charge is -2.33. The lowest BCUT2D eigenvalue weighted by Crippen LogP contribution is -2.45.